The van der Waals surface area contributed by atoms with Crippen molar-refractivity contribution in [3.63, 3.8) is 0 Å². The predicted molar refractivity (Wildman–Crippen MR) is 93.2 cm³/mol. The Kier molecular flexibility index (Phi) is 4.41. The largest absolute Gasteiger partial charge is 0.335 e. The molecule has 3 aliphatic rings. The van der Waals surface area contributed by atoms with Crippen molar-refractivity contribution in [2.45, 2.75) is 38.9 Å². The molecule has 4 rings (SSSR count). The van der Waals surface area contributed by atoms with Crippen LogP contribution in [0.1, 0.15) is 30.7 Å². The summed E-state index contributed by atoms with van der Waals surface area (Å²) in [6.45, 7) is 5.09. The van der Waals surface area contributed by atoms with Crippen LogP contribution >= 0.6 is 0 Å². The summed E-state index contributed by atoms with van der Waals surface area (Å²) in [6, 6.07) is 2.11. The number of amides is 1. The van der Waals surface area contributed by atoms with Crippen molar-refractivity contribution in [2.75, 3.05) is 25.4 Å². The van der Waals surface area contributed by atoms with Gasteiger partial charge < -0.3 is 4.90 Å². The van der Waals surface area contributed by atoms with Gasteiger partial charge in [0.2, 0.25) is 5.91 Å². The Morgan fingerprint density at radius 3 is 2.72 bits per heavy atom. The van der Waals surface area contributed by atoms with Crippen LogP contribution in [-0.2, 0) is 34.3 Å². The number of allylic oxidation sites excluding steroid dienone is 1. The summed E-state index contributed by atoms with van der Waals surface area (Å²) in [5.41, 5.74) is 2.15. The molecule has 4 heterocycles. The van der Waals surface area contributed by atoms with Crippen molar-refractivity contribution in [3.8, 4) is 0 Å². The summed E-state index contributed by atoms with van der Waals surface area (Å²) < 4.78 is 25.0. The van der Waals surface area contributed by atoms with Crippen LogP contribution in [-0.4, -0.2) is 59.3 Å². The number of rotatable bonds is 4. The summed E-state index contributed by atoms with van der Waals surface area (Å²) in [7, 11) is -3.10. The third kappa shape index (κ3) is 3.79. The van der Waals surface area contributed by atoms with Crippen LogP contribution in [0, 0.1) is 5.92 Å². The van der Waals surface area contributed by atoms with Gasteiger partial charge in [0.05, 0.1) is 30.2 Å². The predicted octanol–water partition coefficient (Wildman–Crippen LogP) is 0.769. The van der Waals surface area contributed by atoms with E-state index in [1.807, 2.05) is 9.58 Å². The SMILES string of the molecule is O=C(C[C@@H]1C=CS(=O)(=O)C1)N1CCn2nc(CN3CCCC3)cc2C1. The highest BCUT2D eigenvalue weighted by atomic mass is 32.2. The Bertz CT molecular complexity index is 793. The highest BCUT2D eigenvalue weighted by Gasteiger charge is 2.28. The highest BCUT2D eigenvalue weighted by Crippen LogP contribution is 2.22. The number of likely N-dealkylation sites (tertiary alicyclic amines) is 1. The average molecular weight is 364 g/mol. The fourth-order valence-electron chi connectivity index (χ4n) is 3.91. The van der Waals surface area contributed by atoms with Crippen LogP contribution < -0.4 is 0 Å². The standard InChI is InChI=1S/C17H24N4O3S/c22-17(9-14-3-8-25(23,24)13-14)20-6-7-21-16(12-20)10-15(18-21)11-19-4-1-2-5-19/h3,8,10,14H,1-2,4-7,9,11-13H2/t14-/m0/s1. The Balaban J connectivity index is 1.36. The first-order chi connectivity index (χ1) is 12.0. The number of hydrogen-bond acceptors (Lipinski definition) is 5. The summed E-state index contributed by atoms with van der Waals surface area (Å²) in [4.78, 5) is 16.8. The molecular formula is C17H24N4O3S. The minimum Gasteiger partial charge on any atom is -0.335 e. The molecule has 0 unspecified atom stereocenters. The van der Waals surface area contributed by atoms with Crippen LogP contribution in [0.15, 0.2) is 17.6 Å². The van der Waals surface area contributed by atoms with Crippen LogP contribution in [0.3, 0.4) is 0 Å². The van der Waals surface area contributed by atoms with Crippen LogP contribution in [0.5, 0.6) is 0 Å². The van der Waals surface area contributed by atoms with Gasteiger partial charge in [0.1, 0.15) is 0 Å². The van der Waals surface area contributed by atoms with Crippen molar-refractivity contribution in [1.82, 2.24) is 19.6 Å². The van der Waals surface area contributed by atoms with Crippen LogP contribution in [0.25, 0.3) is 0 Å². The van der Waals surface area contributed by atoms with Gasteiger partial charge in [-0.15, -0.1) is 0 Å². The first kappa shape index (κ1) is 16.8. The van der Waals surface area contributed by atoms with E-state index in [1.165, 1.54) is 18.2 Å². The topological polar surface area (TPSA) is 75.5 Å². The molecule has 0 aliphatic carbocycles. The Morgan fingerprint density at radius 1 is 1.20 bits per heavy atom. The van der Waals surface area contributed by atoms with E-state index in [-0.39, 0.29) is 24.0 Å². The second kappa shape index (κ2) is 6.57. The van der Waals surface area contributed by atoms with E-state index in [1.54, 1.807) is 6.08 Å². The van der Waals surface area contributed by atoms with Gasteiger partial charge in [-0.1, -0.05) is 6.08 Å². The molecule has 0 spiro atoms. The third-order valence-corrected chi connectivity index (χ3v) is 6.69. The molecule has 25 heavy (non-hydrogen) atoms. The number of carbonyl (C=O) groups is 1. The molecule has 0 N–H and O–H groups in total. The number of aromatic nitrogens is 2. The Morgan fingerprint density at radius 2 is 2.00 bits per heavy atom. The first-order valence-electron chi connectivity index (χ1n) is 8.95. The number of hydrogen-bond donors (Lipinski definition) is 0. The van der Waals surface area contributed by atoms with Crippen LogP contribution in [0.4, 0.5) is 0 Å². The average Bonchev–Trinajstić information content (AvgIpc) is 3.27. The summed E-state index contributed by atoms with van der Waals surface area (Å²) >= 11 is 0. The minimum absolute atomic E-state index is 0.0280. The monoisotopic (exact) mass is 364 g/mol. The molecule has 136 valence electrons. The summed E-state index contributed by atoms with van der Waals surface area (Å²) in [6.07, 6.45) is 4.45. The van der Waals surface area contributed by atoms with Gasteiger partial charge >= 0.3 is 0 Å². The lowest BCUT2D eigenvalue weighted by Gasteiger charge is -2.28. The molecular weight excluding hydrogens is 340 g/mol. The molecule has 1 aromatic heterocycles. The molecule has 1 fully saturated rings. The van der Waals surface area contributed by atoms with Crippen molar-refractivity contribution >= 4 is 15.7 Å². The summed E-state index contributed by atoms with van der Waals surface area (Å²) in [5.74, 6) is -0.0971. The molecule has 8 heteroatoms. The van der Waals surface area contributed by atoms with Crippen molar-refractivity contribution in [2.24, 2.45) is 5.92 Å². The maximum absolute atomic E-state index is 12.5. The normalized spacial score (nSPS) is 25.4. The van der Waals surface area contributed by atoms with E-state index in [0.29, 0.717) is 19.6 Å². The van der Waals surface area contributed by atoms with Gasteiger partial charge in [-0.05, 0) is 32.0 Å². The van der Waals surface area contributed by atoms with Gasteiger partial charge in [0.25, 0.3) is 0 Å². The fraction of sp³-hybridized carbons (Fsp3) is 0.647. The lowest BCUT2D eigenvalue weighted by Crippen LogP contribution is -2.39. The van der Waals surface area contributed by atoms with E-state index >= 15 is 0 Å². The molecule has 0 aromatic carbocycles. The first-order valence-corrected chi connectivity index (χ1v) is 10.7. The van der Waals surface area contributed by atoms with E-state index in [2.05, 4.69) is 16.1 Å². The second-order valence-electron chi connectivity index (χ2n) is 7.27. The molecule has 3 aliphatic heterocycles. The molecule has 1 aromatic rings. The van der Waals surface area contributed by atoms with Gasteiger partial charge in [0, 0.05) is 30.8 Å². The Labute approximate surface area is 148 Å². The lowest BCUT2D eigenvalue weighted by atomic mass is 10.1. The molecule has 1 amide bonds. The zero-order chi connectivity index (χ0) is 17.4. The zero-order valence-corrected chi connectivity index (χ0v) is 15.1. The third-order valence-electron chi connectivity index (χ3n) is 5.23. The zero-order valence-electron chi connectivity index (χ0n) is 14.3. The summed E-state index contributed by atoms with van der Waals surface area (Å²) in [5, 5.41) is 5.91. The smallest absolute Gasteiger partial charge is 0.223 e. The molecule has 1 atom stereocenters. The maximum atomic E-state index is 12.5. The van der Waals surface area contributed by atoms with Crippen molar-refractivity contribution in [1.29, 1.82) is 0 Å². The molecule has 0 bridgehead atoms. The maximum Gasteiger partial charge on any atom is 0.223 e. The van der Waals surface area contributed by atoms with E-state index in [4.69, 9.17) is 0 Å². The number of fused-ring (bicyclic) bond motifs is 1. The van der Waals surface area contributed by atoms with Gasteiger partial charge in [-0.2, -0.15) is 5.10 Å². The van der Waals surface area contributed by atoms with Crippen LogP contribution in [0.2, 0.25) is 0 Å². The van der Waals surface area contributed by atoms with E-state index in [9.17, 15) is 13.2 Å². The highest BCUT2D eigenvalue weighted by molar-refractivity contribution is 7.94. The van der Waals surface area contributed by atoms with E-state index in [0.717, 1.165) is 31.0 Å². The fourth-order valence-corrected chi connectivity index (χ4v) is 5.31. The number of carbonyl (C=O) groups excluding carboxylic acids is 1. The van der Waals surface area contributed by atoms with Crippen molar-refractivity contribution in [3.05, 3.63) is 28.9 Å². The van der Waals surface area contributed by atoms with Gasteiger partial charge in [-0.3, -0.25) is 14.4 Å². The Hall–Kier alpha value is -1.67. The quantitative estimate of drug-likeness (QED) is 0.789. The number of nitrogens with zero attached hydrogens (tertiary/aromatic N) is 4. The van der Waals surface area contributed by atoms with Gasteiger partial charge in [-0.25, -0.2) is 8.42 Å². The molecule has 0 saturated carbocycles. The lowest BCUT2D eigenvalue weighted by molar-refractivity contribution is -0.133. The van der Waals surface area contributed by atoms with Crippen molar-refractivity contribution < 1.29 is 13.2 Å². The van der Waals surface area contributed by atoms with E-state index < -0.39 is 9.84 Å². The molecule has 7 nitrogen and oxygen atoms in total. The number of sulfone groups is 1. The minimum atomic E-state index is -3.10. The second-order valence-corrected chi connectivity index (χ2v) is 9.20. The van der Waals surface area contributed by atoms with Gasteiger partial charge in [0.15, 0.2) is 9.84 Å². The molecule has 0 radical (unpaired) electrons. The molecule has 1 saturated heterocycles.